The fraction of sp³-hybridized carbons (Fsp3) is 0.350. The van der Waals surface area contributed by atoms with Crippen LogP contribution in [0.25, 0.3) is 11.0 Å². The summed E-state index contributed by atoms with van der Waals surface area (Å²) in [5.74, 6) is 0.417. The lowest BCUT2D eigenvalue weighted by molar-refractivity contribution is 0.0950. The molecule has 0 aliphatic rings. The first-order valence-corrected chi connectivity index (χ1v) is 8.98. The van der Waals surface area contributed by atoms with E-state index in [9.17, 15) is 9.59 Å². The number of aromatic amines is 1. The summed E-state index contributed by atoms with van der Waals surface area (Å²) in [7, 11) is 0. The Kier molecular flexibility index (Phi) is 5.21. The standard InChI is InChI=1S/C20H23N3O3/c1-4-12-14(19(24)23-22-15(12)5-2)11-21-20(25)18-13-9-7-8-10-17(13)26-16(18)6-3/h7-10H,4-6,11H2,1-3H3,(H,21,25)(H,23,24). The highest BCUT2D eigenvalue weighted by atomic mass is 16.3. The molecule has 6 heteroatoms. The van der Waals surface area contributed by atoms with Crippen LogP contribution in [0.3, 0.4) is 0 Å². The minimum atomic E-state index is -0.257. The van der Waals surface area contributed by atoms with Crippen LogP contribution in [0.2, 0.25) is 0 Å². The molecule has 3 rings (SSSR count). The summed E-state index contributed by atoms with van der Waals surface area (Å²) >= 11 is 0. The number of rotatable bonds is 6. The normalized spacial score (nSPS) is 11.0. The van der Waals surface area contributed by atoms with Crippen molar-refractivity contribution in [2.24, 2.45) is 0 Å². The molecule has 2 heterocycles. The van der Waals surface area contributed by atoms with Gasteiger partial charge in [-0.05, 0) is 24.5 Å². The van der Waals surface area contributed by atoms with Gasteiger partial charge >= 0.3 is 0 Å². The summed E-state index contributed by atoms with van der Waals surface area (Å²) in [6.45, 7) is 6.09. The van der Waals surface area contributed by atoms with Crippen molar-refractivity contribution >= 4 is 16.9 Å². The van der Waals surface area contributed by atoms with Crippen LogP contribution in [-0.4, -0.2) is 16.1 Å². The summed E-state index contributed by atoms with van der Waals surface area (Å²) in [6, 6.07) is 7.48. The second-order valence-electron chi connectivity index (χ2n) is 6.10. The molecule has 0 aliphatic carbocycles. The van der Waals surface area contributed by atoms with E-state index in [1.54, 1.807) is 0 Å². The van der Waals surface area contributed by atoms with E-state index < -0.39 is 0 Å². The fourth-order valence-electron chi connectivity index (χ4n) is 3.31. The molecule has 2 aromatic heterocycles. The number of furan rings is 1. The van der Waals surface area contributed by atoms with Crippen LogP contribution in [-0.2, 0) is 25.8 Å². The van der Waals surface area contributed by atoms with Crippen LogP contribution in [0.15, 0.2) is 33.5 Å². The number of nitrogens with zero attached hydrogens (tertiary/aromatic N) is 1. The Morgan fingerprint density at radius 2 is 1.88 bits per heavy atom. The number of para-hydroxylation sites is 1. The zero-order chi connectivity index (χ0) is 18.7. The Morgan fingerprint density at radius 1 is 1.12 bits per heavy atom. The largest absolute Gasteiger partial charge is 0.460 e. The van der Waals surface area contributed by atoms with Gasteiger partial charge in [-0.25, -0.2) is 5.10 Å². The van der Waals surface area contributed by atoms with Crippen LogP contribution in [0.5, 0.6) is 0 Å². The molecule has 1 aromatic carbocycles. The van der Waals surface area contributed by atoms with E-state index in [2.05, 4.69) is 15.5 Å². The summed E-state index contributed by atoms with van der Waals surface area (Å²) in [5.41, 5.74) is 3.32. The van der Waals surface area contributed by atoms with Crippen molar-refractivity contribution in [1.29, 1.82) is 0 Å². The number of hydrogen-bond acceptors (Lipinski definition) is 4. The van der Waals surface area contributed by atoms with Gasteiger partial charge in [-0.1, -0.05) is 39.0 Å². The minimum Gasteiger partial charge on any atom is -0.460 e. The quantitative estimate of drug-likeness (QED) is 0.713. The molecule has 0 fully saturated rings. The van der Waals surface area contributed by atoms with E-state index in [1.807, 2.05) is 45.0 Å². The summed E-state index contributed by atoms with van der Waals surface area (Å²) in [6.07, 6.45) is 2.04. The molecular weight excluding hydrogens is 330 g/mol. The van der Waals surface area contributed by atoms with Crippen molar-refractivity contribution in [3.63, 3.8) is 0 Å². The molecule has 1 amide bonds. The van der Waals surface area contributed by atoms with Crippen molar-refractivity contribution in [3.8, 4) is 0 Å². The Balaban J connectivity index is 1.92. The number of aryl methyl sites for hydroxylation is 2. The van der Waals surface area contributed by atoms with E-state index in [4.69, 9.17) is 4.42 Å². The van der Waals surface area contributed by atoms with Crippen LogP contribution in [0.1, 0.15) is 53.7 Å². The number of H-pyrrole nitrogens is 1. The average molecular weight is 353 g/mol. The average Bonchev–Trinajstić information content (AvgIpc) is 3.05. The molecular formula is C20H23N3O3. The monoisotopic (exact) mass is 353 g/mol. The van der Waals surface area contributed by atoms with Crippen molar-refractivity contribution in [2.75, 3.05) is 0 Å². The van der Waals surface area contributed by atoms with Crippen molar-refractivity contribution in [1.82, 2.24) is 15.5 Å². The van der Waals surface area contributed by atoms with Gasteiger partial charge in [0, 0.05) is 23.9 Å². The second kappa shape index (κ2) is 7.56. The molecule has 0 bridgehead atoms. The SMILES string of the molecule is CCc1n[nH]c(=O)c(CNC(=O)c2c(CC)oc3ccccc23)c1CC. The van der Waals surface area contributed by atoms with Gasteiger partial charge in [-0.2, -0.15) is 5.10 Å². The van der Waals surface area contributed by atoms with Gasteiger partial charge in [-0.15, -0.1) is 0 Å². The third-order valence-electron chi connectivity index (χ3n) is 4.61. The first kappa shape index (κ1) is 17.9. The van der Waals surface area contributed by atoms with Crippen LogP contribution >= 0.6 is 0 Å². The molecule has 0 spiro atoms. The number of aromatic nitrogens is 2. The molecule has 26 heavy (non-hydrogen) atoms. The lowest BCUT2D eigenvalue weighted by Crippen LogP contribution is -2.29. The highest BCUT2D eigenvalue weighted by Gasteiger charge is 2.20. The van der Waals surface area contributed by atoms with Gasteiger partial charge in [0.2, 0.25) is 0 Å². The maximum Gasteiger partial charge on any atom is 0.269 e. The number of fused-ring (bicyclic) bond motifs is 1. The highest BCUT2D eigenvalue weighted by Crippen LogP contribution is 2.26. The van der Waals surface area contributed by atoms with Crippen LogP contribution in [0.4, 0.5) is 0 Å². The van der Waals surface area contributed by atoms with Gasteiger partial charge in [0.05, 0.1) is 11.3 Å². The third-order valence-corrected chi connectivity index (χ3v) is 4.61. The predicted octanol–water partition coefficient (Wildman–Crippen LogP) is 3.13. The van der Waals surface area contributed by atoms with E-state index in [-0.39, 0.29) is 18.0 Å². The highest BCUT2D eigenvalue weighted by molar-refractivity contribution is 6.07. The molecule has 0 atom stereocenters. The number of hydrogen-bond donors (Lipinski definition) is 2. The third kappa shape index (κ3) is 3.14. The van der Waals surface area contributed by atoms with E-state index in [0.29, 0.717) is 35.3 Å². The predicted molar refractivity (Wildman–Crippen MR) is 100 cm³/mol. The molecule has 3 aromatic rings. The lowest BCUT2D eigenvalue weighted by Gasteiger charge is -2.11. The maximum absolute atomic E-state index is 12.8. The smallest absolute Gasteiger partial charge is 0.269 e. The molecule has 6 nitrogen and oxygen atoms in total. The molecule has 0 unspecified atom stereocenters. The van der Waals surface area contributed by atoms with E-state index >= 15 is 0 Å². The van der Waals surface area contributed by atoms with Crippen molar-refractivity contribution in [2.45, 2.75) is 46.6 Å². The number of nitrogens with one attached hydrogen (secondary N) is 2. The molecule has 136 valence electrons. The van der Waals surface area contributed by atoms with E-state index in [1.165, 1.54) is 0 Å². The number of carbonyl (C=O) groups is 1. The zero-order valence-corrected chi connectivity index (χ0v) is 15.3. The topological polar surface area (TPSA) is 88.0 Å². The van der Waals surface area contributed by atoms with Gasteiger partial charge in [0.25, 0.3) is 11.5 Å². The number of carbonyl (C=O) groups excluding carboxylic acids is 1. The van der Waals surface area contributed by atoms with Crippen LogP contribution in [0, 0.1) is 0 Å². The minimum absolute atomic E-state index is 0.162. The Labute approximate surface area is 151 Å². The Hall–Kier alpha value is -2.89. The van der Waals surface area contributed by atoms with Gasteiger partial charge in [0.15, 0.2) is 0 Å². The van der Waals surface area contributed by atoms with E-state index in [0.717, 1.165) is 23.1 Å². The second-order valence-corrected chi connectivity index (χ2v) is 6.10. The maximum atomic E-state index is 12.8. The zero-order valence-electron chi connectivity index (χ0n) is 15.3. The first-order valence-electron chi connectivity index (χ1n) is 8.98. The Bertz CT molecular complexity index is 1000. The number of benzene rings is 1. The van der Waals surface area contributed by atoms with Crippen molar-refractivity contribution in [3.05, 3.63) is 62.8 Å². The van der Waals surface area contributed by atoms with Gasteiger partial charge < -0.3 is 9.73 Å². The van der Waals surface area contributed by atoms with Gasteiger partial charge in [0.1, 0.15) is 11.3 Å². The van der Waals surface area contributed by atoms with Crippen LogP contribution < -0.4 is 10.9 Å². The molecule has 2 N–H and O–H groups in total. The fourth-order valence-corrected chi connectivity index (χ4v) is 3.31. The first-order chi connectivity index (χ1) is 12.6. The summed E-state index contributed by atoms with van der Waals surface area (Å²) in [5, 5.41) is 10.3. The summed E-state index contributed by atoms with van der Waals surface area (Å²) in [4.78, 5) is 25.1. The van der Waals surface area contributed by atoms with Crippen molar-refractivity contribution < 1.29 is 9.21 Å². The molecule has 0 saturated carbocycles. The molecule has 0 aliphatic heterocycles. The Morgan fingerprint density at radius 3 is 2.58 bits per heavy atom. The molecule has 0 saturated heterocycles. The molecule has 0 radical (unpaired) electrons. The summed E-state index contributed by atoms with van der Waals surface area (Å²) < 4.78 is 5.79. The lowest BCUT2D eigenvalue weighted by atomic mass is 10.0. The van der Waals surface area contributed by atoms with Gasteiger partial charge in [-0.3, -0.25) is 9.59 Å². The number of amides is 1.